The largest absolute Gasteiger partial charge is 0.478 e. The van der Waals surface area contributed by atoms with Gasteiger partial charge in [0, 0.05) is 5.70 Å². The number of rotatable bonds is 11. The first-order valence-corrected chi connectivity index (χ1v) is 15.6. The second-order valence-electron chi connectivity index (χ2n) is 9.45. The number of carbonyl (C=O) groups is 3. The fourth-order valence-electron chi connectivity index (χ4n) is 4.39. The average molecular weight is 682 g/mol. The molecule has 0 unspecified atom stereocenters. The normalized spacial score (nSPS) is 14.4. The molecular formula is C35H29BrN4O4S. The van der Waals surface area contributed by atoms with Gasteiger partial charge in [0.1, 0.15) is 17.4 Å². The highest BCUT2D eigenvalue weighted by Gasteiger charge is 2.35. The predicted octanol–water partition coefficient (Wildman–Crippen LogP) is 6.74. The van der Waals surface area contributed by atoms with Crippen LogP contribution < -0.4 is 10.1 Å². The summed E-state index contributed by atoms with van der Waals surface area (Å²) in [5, 5.41) is 11.9. The van der Waals surface area contributed by atoms with E-state index in [2.05, 4.69) is 32.8 Å². The minimum absolute atomic E-state index is 0.0801. The highest BCUT2D eigenvalue weighted by atomic mass is 79.9. The second kappa shape index (κ2) is 16.2. The summed E-state index contributed by atoms with van der Waals surface area (Å²) in [7, 11) is 0. The molecule has 3 aromatic carbocycles. The minimum Gasteiger partial charge on any atom is -0.478 e. The van der Waals surface area contributed by atoms with Gasteiger partial charge >= 0.3 is 0 Å². The fraction of sp³-hybridized carbons (Fsp3) is 0.114. The molecule has 0 aliphatic carbocycles. The van der Waals surface area contributed by atoms with Gasteiger partial charge in [0.05, 0.1) is 16.3 Å². The van der Waals surface area contributed by atoms with Gasteiger partial charge in [-0.2, -0.15) is 10.3 Å². The van der Waals surface area contributed by atoms with Crippen molar-refractivity contribution in [3.8, 4) is 11.8 Å². The Labute approximate surface area is 274 Å². The number of nitriles is 1. The molecule has 0 saturated carbocycles. The summed E-state index contributed by atoms with van der Waals surface area (Å²) in [4.78, 5) is 46.0. The molecule has 0 fully saturated rings. The van der Waals surface area contributed by atoms with Gasteiger partial charge in [-0.25, -0.2) is 0 Å². The molecule has 10 heteroatoms. The lowest BCUT2D eigenvalue weighted by Crippen LogP contribution is -2.42. The summed E-state index contributed by atoms with van der Waals surface area (Å²) >= 11 is 4.39. The van der Waals surface area contributed by atoms with E-state index >= 15 is 0 Å². The molecule has 226 valence electrons. The predicted molar refractivity (Wildman–Crippen MR) is 181 cm³/mol. The molecule has 0 saturated heterocycles. The fourth-order valence-corrected chi connectivity index (χ4v) is 5.71. The minimum atomic E-state index is -0.727. The maximum atomic E-state index is 13.9. The maximum absolute atomic E-state index is 13.9. The lowest BCUT2D eigenvalue weighted by molar-refractivity contribution is -0.126. The molecule has 1 aliphatic heterocycles. The number of carbonyl (C=O) groups excluding carboxylic acids is 3. The summed E-state index contributed by atoms with van der Waals surface area (Å²) in [6, 6.07) is 25.7. The number of nitrogens with zero attached hydrogens (tertiary/aromatic N) is 3. The van der Waals surface area contributed by atoms with Crippen LogP contribution in [0.3, 0.4) is 0 Å². The number of benzene rings is 3. The Morgan fingerprint density at radius 3 is 2.36 bits per heavy atom. The molecule has 8 nitrogen and oxygen atoms in total. The van der Waals surface area contributed by atoms with Crippen molar-refractivity contribution in [3.63, 3.8) is 0 Å². The smallest absolute Gasteiger partial charge is 0.285 e. The van der Waals surface area contributed by atoms with Crippen LogP contribution in [0.1, 0.15) is 29.7 Å². The van der Waals surface area contributed by atoms with E-state index in [0.29, 0.717) is 21.5 Å². The third-order valence-electron chi connectivity index (χ3n) is 6.47. The summed E-state index contributed by atoms with van der Waals surface area (Å²) in [5.74, 6) is -1.26. The Hall–Kier alpha value is -4.98. The average Bonchev–Trinajstić information content (AvgIpc) is 3.06. The zero-order chi connectivity index (χ0) is 32.2. The van der Waals surface area contributed by atoms with E-state index in [0.717, 1.165) is 22.9 Å². The van der Waals surface area contributed by atoms with Crippen LogP contribution in [-0.4, -0.2) is 40.1 Å². The van der Waals surface area contributed by atoms with E-state index < -0.39 is 11.8 Å². The summed E-state index contributed by atoms with van der Waals surface area (Å²) in [6.07, 6.45) is 8.06. The van der Waals surface area contributed by atoms with Crippen molar-refractivity contribution >= 4 is 56.7 Å². The molecule has 0 spiro atoms. The molecule has 1 aliphatic rings. The van der Waals surface area contributed by atoms with Crippen LogP contribution in [0.15, 0.2) is 130 Å². The van der Waals surface area contributed by atoms with Gasteiger partial charge in [-0.05, 0) is 63.8 Å². The number of nitrogens with one attached hydrogen (secondary N) is 1. The highest BCUT2D eigenvalue weighted by Crippen LogP contribution is 2.30. The Bertz CT molecular complexity index is 1700. The number of aliphatic imine (C=N–C) groups is 1. The van der Waals surface area contributed by atoms with Gasteiger partial charge in [-0.3, -0.25) is 19.3 Å². The maximum Gasteiger partial charge on any atom is 0.285 e. The third-order valence-corrected chi connectivity index (χ3v) is 8.03. The Morgan fingerprint density at radius 1 is 1.11 bits per heavy atom. The van der Waals surface area contributed by atoms with Crippen LogP contribution in [0.2, 0.25) is 0 Å². The van der Waals surface area contributed by atoms with Gasteiger partial charge < -0.3 is 10.1 Å². The Balaban J connectivity index is 1.61. The molecule has 3 amide bonds. The lowest BCUT2D eigenvalue weighted by Gasteiger charge is -2.28. The first kappa shape index (κ1) is 32.9. The number of allylic oxidation sites excluding steroid dienone is 4. The van der Waals surface area contributed by atoms with Crippen molar-refractivity contribution < 1.29 is 19.1 Å². The van der Waals surface area contributed by atoms with Crippen molar-refractivity contribution in [2.45, 2.75) is 13.0 Å². The van der Waals surface area contributed by atoms with E-state index in [1.54, 1.807) is 49.4 Å². The highest BCUT2D eigenvalue weighted by molar-refractivity contribution is 9.10. The van der Waals surface area contributed by atoms with Crippen LogP contribution in [0, 0.1) is 11.3 Å². The van der Waals surface area contributed by atoms with E-state index in [9.17, 15) is 14.4 Å². The Morgan fingerprint density at radius 2 is 1.78 bits per heavy atom. The zero-order valence-electron chi connectivity index (χ0n) is 24.4. The first-order chi connectivity index (χ1) is 21.9. The number of amides is 3. The van der Waals surface area contributed by atoms with Gasteiger partial charge in [0.15, 0.2) is 11.8 Å². The number of amidine groups is 1. The van der Waals surface area contributed by atoms with Crippen LogP contribution in [0.5, 0.6) is 5.75 Å². The number of hydrogen-bond acceptors (Lipinski definition) is 6. The Kier molecular flexibility index (Phi) is 11.8. The van der Waals surface area contributed by atoms with Gasteiger partial charge in [0.2, 0.25) is 5.91 Å². The van der Waals surface area contributed by atoms with Crippen LogP contribution in [0.25, 0.3) is 6.08 Å². The van der Waals surface area contributed by atoms with Crippen molar-refractivity contribution in [3.05, 3.63) is 142 Å². The van der Waals surface area contributed by atoms with Crippen LogP contribution in [0.4, 0.5) is 0 Å². The molecule has 0 aromatic heterocycles. The number of hydrogen-bond donors (Lipinski definition) is 1. The SMILES string of the molecule is C=C/C=C\C(=C/C)N1C(=O)/C(=C/c2ccc(OCC#N)c(Br)c2)C(=O)N=C1SCC(=O)NC(c1ccccc1)c1ccccc1. The molecule has 1 heterocycles. The van der Waals surface area contributed by atoms with E-state index in [1.807, 2.05) is 66.7 Å². The molecule has 0 radical (unpaired) electrons. The van der Waals surface area contributed by atoms with Crippen LogP contribution in [-0.2, 0) is 14.4 Å². The lowest BCUT2D eigenvalue weighted by atomic mass is 9.99. The van der Waals surface area contributed by atoms with Crippen molar-refractivity contribution in [1.29, 1.82) is 5.26 Å². The second-order valence-corrected chi connectivity index (χ2v) is 11.3. The van der Waals surface area contributed by atoms with Crippen molar-refractivity contribution in [2.24, 2.45) is 4.99 Å². The summed E-state index contributed by atoms with van der Waals surface area (Å²) < 4.78 is 5.91. The molecule has 45 heavy (non-hydrogen) atoms. The summed E-state index contributed by atoms with van der Waals surface area (Å²) in [5.41, 5.74) is 2.69. The van der Waals surface area contributed by atoms with Crippen molar-refractivity contribution in [1.82, 2.24) is 10.2 Å². The molecule has 4 rings (SSSR count). The number of ether oxygens (including phenoxy) is 1. The topological polar surface area (TPSA) is 112 Å². The van der Waals surface area contributed by atoms with Crippen LogP contribution >= 0.6 is 27.7 Å². The zero-order valence-corrected chi connectivity index (χ0v) is 26.8. The summed E-state index contributed by atoms with van der Waals surface area (Å²) in [6.45, 7) is 5.33. The van der Waals surface area contributed by atoms with E-state index in [1.165, 1.54) is 11.0 Å². The molecule has 3 aromatic rings. The van der Waals surface area contributed by atoms with Gasteiger partial charge in [-0.15, -0.1) is 0 Å². The number of thioether (sulfide) groups is 1. The standard InChI is InChI=1S/C35H29BrN4O4S/c1-3-5-16-27(4-2)40-34(43)28(21-24-17-18-30(29(36)22-24)44-20-19-37)33(42)39-35(40)45-23-31(41)38-32(25-12-8-6-9-13-25)26-14-10-7-11-15-26/h3-18,21-22,32H,1,20,23H2,2H3,(H,38,41)/b16-5-,27-4+,28-21+. The molecule has 1 N–H and O–H groups in total. The molecule has 0 atom stereocenters. The van der Waals surface area contributed by atoms with Gasteiger partial charge in [-0.1, -0.05) is 103 Å². The van der Waals surface area contributed by atoms with Crippen molar-refractivity contribution in [2.75, 3.05) is 12.4 Å². The van der Waals surface area contributed by atoms with Gasteiger partial charge in [0.25, 0.3) is 11.8 Å². The number of halogens is 1. The molecular weight excluding hydrogens is 652 g/mol. The monoisotopic (exact) mass is 680 g/mol. The molecule has 0 bridgehead atoms. The van der Waals surface area contributed by atoms with E-state index in [-0.39, 0.29) is 35.0 Å². The first-order valence-electron chi connectivity index (χ1n) is 13.8. The van der Waals surface area contributed by atoms with E-state index in [4.69, 9.17) is 10.00 Å². The quantitative estimate of drug-likeness (QED) is 0.136. The third kappa shape index (κ3) is 8.56.